The van der Waals surface area contributed by atoms with Crippen molar-refractivity contribution in [2.24, 2.45) is 0 Å². The van der Waals surface area contributed by atoms with Gasteiger partial charge in [-0.2, -0.15) is 5.01 Å². The zero-order valence-electron chi connectivity index (χ0n) is 18.9. The molecular formula is C24H25N5O5. The van der Waals surface area contributed by atoms with Crippen LogP contribution < -0.4 is 22.0 Å². The van der Waals surface area contributed by atoms with E-state index >= 15 is 0 Å². The van der Waals surface area contributed by atoms with Crippen LogP contribution in [0.25, 0.3) is 10.9 Å². The SMILES string of the molecule is CCn1c(=O)c2ccccc2n(CC(=O)NN2C(=O)N[C@@](C)(CCc3ccccc3)C2=O)c1=O. The first kappa shape index (κ1) is 23.0. The number of hydrogen-bond acceptors (Lipinski definition) is 5. The number of amides is 4. The summed E-state index contributed by atoms with van der Waals surface area (Å²) in [5.41, 5.74) is 1.35. The molecule has 34 heavy (non-hydrogen) atoms. The van der Waals surface area contributed by atoms with Crippen molar-refractivity contribution >= 4 is 28.7 Å². The van der Waals surface area contributed by atoms with Gasteiger partial charge < -0.3 is 5.32 Å². The molecule has 0 unspecified atom stereocenters. The van der Waals surface area contributed by atoms with Crippen molar-refractivity contribution in [2.75, 3.05) is 0 Å². The number of urea groups is 1. The largest absolute Gasteiger partial charge is 0.344 e. The zero-order chi connectivity index (χ0) is 24.5. The van der Waals surface area contributed by atoms with Crippen LogP contribution in [0.15, 0.2) is 64.2 Å². The summed E-state index contributed by atoms with van der Waals surface area (Å²) in [5.74, 6) is -1.33. The highest BCUT2D eigenvalue weighted by Gasteiger charge is 2.48. The smallest absolute Gasteiger partial charge is 0.322 e. The second-order valence-corrected chi connectivity index (χ2v) is 8.36. The van der Waals surface area contributed by atoms with Gasteiger partial charge in [-0.3, -0.25) is 28.9 Å². The van der Waals surface area contributed by atoms with Gasteiger partial charge in [-0.05, 0) is 44.4 Å². The van der Waals surface area contributed by atoms with Crippen LogP contribution >= 0.6 is 0 Å². The van der Waals surface area contributed by atoms with Gasteiger partial charge in [0.05, 0.1) is 10.9 Å². The summed E-state index contributed by atoms with van der Waals surface area (Å²) in [4.78, 5) is 63.7. The molecule has 1 aliphatic heterocycles. The van der Waals surface area contributed by atoms with Crippen molar-refractivity contribution in [2.45, 2.75) is 45.3 Å². The predicted octanol–water partition coefficient (Wildman–Crippen LogP) is 1.16. The highest BCUT2D eigenvalue weighted by molar-refractivity contribution is 6.07. The number of hydrazine groups is 1. The summed E-state index contributed by atoms with van der Waals surface area (Å²) in [6.07, 6.45) is 0.907. The van der Waals surface area contributed by atoms with Gasteiger partial charge in [0.15, 0.2) is 0 Å². The molecule has 4 amide bonds. The van der Waals surface area contributed by atoms with Crippen LogP contribution in [0.1, 0.15) is 25.8 Å². The molecule has 0 bridgehead atoms. The number of hydrogen-bond donors (Lipinski definition) is 2. The Bertz CT molecular complexity index is 1390. The molecule has 176 valence electrons. The molecule has 4 rings (SSSR count). The summed E-state index contributed by atoms with van der Waals surface area (Å²) in [6.45, 7) is 2.93. The van der Waals surface area contributed by atoms with Gasteiger partial charge in [-0.1, -0.05) is 42.5 Å². The number of fused-ring (bicyclic) bond motifs is 1. The van der Waals surface area contributed by atoms with Crippen LogP contribution in [0, 0.1) is 0 Å². The standard InChI is InChI=1S/C24H25N5O5/c1-3-27-20(31)17-11-7-8-12-18(17)28(23(27)34)15-19(30)26-29-21(32)24(2,25-22(29)33)14-13-16-9-5-4-6-10-16/h4-12H,3,13-15H2,1-2H3,(H,25,33)(H,26,30)/t24-/m0/s1. The Balaban J connectivity index is 1.53. The number of aromatic nitrogens is 2. The Morgan fingerprint density at radius 2 is 1.65 bits per heavy atom. The van der Waals surface area contributed by atoms with E-state index < -0.39 is 41.2 Å². The van der Waals surface area contributed by atoms with E-state index in [1.807, 2.05) is 30.3 Å². The molecule has 2 aromatic carbocycles. The zero-order valence-corrected chi connectivity index (χ0v) is 18.9. The lowest BCUT2D eigenvalue weighted by Gasteiger charge is -2.21. The quantitative estimate of drug-likeness (QED) is 0.509. The van der Waals surface area contributed by atoms with Crippen LogP contribution in [-0.2, 0) is 29.1 Å². The predicted molar refractivity (Wildman–Crippen MR) is 125 cm³/mol. The molecule has 3 aromatic rings. The van der Waals surface area contributed by atoms with Crippen LogP contribution in [0.3, 0.4) is 0 Å². The number of nitrogens with zero attached hydrogens (tertiary/aromatic N) is 3. The summed E-state index contributed by atoms with van der Waals surface area (Å²) in [6, 6.07) is 15.3. The molecule has 0 aliphatic carbocycles. The fraction of sp³-hybridized carbons (Fsp3) is 0.292. The molecule has 0 spiro atoms. The van der Waals surface area contributed by atoms with Gasteiger partial charge in [-0.25, -0.2) is 9.59 Å². The Hall–Kier alpha value is -4.21. The first-order valence-electron chi connectivity index (χ1n) is 11.0. The highest BCUT2D eigenvalue weighted by atomic mass is 16.2. The van der Waals surface area contributed by atoms with Gasteiger partial charge in [0, 0.05) is 6.54 Å². The molecule has 0 saturated carbocycles. The van der Waals surface area contributed by atoms with Crippen LogP contribution in [0.5, 0.6) is 0 Å². The van der Waals surface area contributed by atoms with E-state index in [-0.39, 0.29) is 6.54 Å². The third-order valence-corrected chi connectivity index (χ3v) is 6.00. The topological polar surface area (TPSA) is 123 Å². The number of para-hydroxylation sites is 1. The maximum absolute atomic E-state index is 13.0. The number of nitrogens with one attached hydrogen (secondary N) is 2. The maximum Gasteiger partial charge on any atom is 0.344 e. The van der Waals surface area contributed by atoms with Crippen molar-refractivity contribution in [3.63, 3.8) is 0 Å². The minimum absolute atomic E-state index is 0.136. The van der Waals surface area contributed by atoms with Crippen molar-refractivity contribution < 1.29 is 14.4 Å². The van der Waals surface area contributed by atoms with E-state index in [1.165, 1.54) is 0 Å². The third-order valence-electron chi connectivity index (χ3n) is 6.00. The Morgan fingerprint density at radius 1 is 0.971 bits per heavy atom. The summed E-state index contributed by atoms with van der Waals surface area (Å²) in [5, 5.41) is 3.59. The minimum atomic E-state index is -1.18. The van der Waals surface area contributed by atoms with Gasteiger partial charge in [-0.15, -0.1) is 0 Å². The van der Waals surface area contributed by atoms with E-state index in [4.69, 9.17) is 0 Å². The maximum atomic E-state index is 13.0. The first-order valence-corrected chi connectivity index (χ1v) is 11.0. The van der Waals surface area contributed by atoms with E-state index in [0.29, 0.717) is 28.8 Å². The molecular weight excluding hydrogens is 438 g/mol. The summed E-state index contributed by atoms with van der Waals surface area (Å²) < 4.78 is 2.19. The highest BCUT2D eigenvalue weighted by Crippen LogP contribution is 2.22. The molecule has 1 aliphatic rings. The van der Waals surface area contributed by atoms with E-state index in [9.17, 15) is 24.0 Å². The first-order chi connectivity index (χ1) is 16.2. The lowest BCUT2D eigenvalue weighted by Crippen LogP contribution is -2.50. The molecule has 1 atom stereocenters. The second-order valence-electron chi connectivity index (χ2n) is 8.36. The average Bonchev–Trinajstić information content (AvgIpc) is 3.04. The normalized spacial score (nSPS) is 17.8. The fourth-order valence-corrected chi connectivity index (χ4v) is 4.10. The number of carbonyl (C=O) groups excluding carboxylic acids is 3. The van der Waals surface area contributed by atoms with Crippen molar-refractivity contribution in [3.05, 3.63) is 81.0 Å². The minimum Gasteiger partial charge on any atom is -0.322 e. The molecule has 10 nitrogen and oxygen atoms in total. The Labute approximate surface area is 194 Å². The number of carbonyl (C=O) groups is 3. The number of benzene rings is 2. The number of aryl methyl sites for hydroxylation is 1. The summed E-state index contributed by atoms with van der Waals surface area (Å²) >= 11 is 0. The van der Waals surface area contributed by atoms with Gasteiger partial charge in [0.1, 0.15) is 12.1 Å². The van der Waals surface area contributed by atoms with Crippen LogP contribution in [0.4, 0.5) is 4.79 Å². The Kier molecular flexibility index (Phi) is 6.06. The molecule has 0 radical (unpaired) electrons. The van der Waals surface area contributed by atoms with Gasteiger partial charge >= 0.3 is 11.7 Å². The molecule has 1 saturated heterocycles. The summed E-state index contributed by atoms with van der Waals surface area (Å²) in [7, 11) is 0. The second kappa shape index (κ2) is 8.97. The number of imide groups is 1. The van der Waals surface area contributed by atoms with Crippen LogP contribution in [-0.4, -0.2) is 37.5 Å². The molecule has 2 heterocycles. The molecule has 10 heteroatoms. The van der Waals surface area contributed by atoms with Gasteiger partial charge in [0.25, 0.3) is 17.4 Å². The molecule has 1 aromatic heterocycles. The fourth-order valence-electron chi connectivity index (χ4n) is 4.10. The average molecular weight is 463 g/mol. The monoisotopic (exact) mass is 463 g/mol. The lowest BCUT2D eigenvalue weighted by atomic mass is 9.93. The van der Waals surface area contributed by atoms with E-state index in [2.05, 4.69) is 10.7 Å². The van der Waals surface area contributed by atoms with Crippen molar-refractivity contribution in [1.29, 1.82) is 0 Å². The third kappa shape index (κ3) is 4.09. The molecule has 1 fully saturated rings. The lowest BCUT2D eigenvalue weighted by molar-refractivity contribution is -0.139. The van der Waals surface area contributed by atoms with Gasteiger partial charge in [0.2, 0.25) is 0 Å². The van der Waals surface area contributed by atoms with E-state index in [1.54, 1.807) is 38.1 Å². The number of rotatable bonds is 7. The van der Waals surface area contributed by atoms with Crippen LogP contribution in [0.2, 0.25) is 0 Å². The van der Waals surface area contributed by atoms with Crippen molar-refractivity contribution in [3.8, 4) is 0 Å². The Morgan fingerprint density at radius 3 is 2.35 bits per heavy atom. The van der Waals surface area contributed by atoms with E-state index in [0.717, 1.165) is 14.7 Å². The molecule has 2 N–H and O–H groups in total. The van der Waals surface area contributed by atoms with Crippen molar-refractivity contribution in [1.82, 2.24) is 24.9 Å².